The zero-order valence-electron chi connectivity index (χ0n) is 6.58. The molecule has 0 aromatic heterocycles. The summed E-state index contributed by atoms with van der Waals surface area (Å²) in [6.45, 7) is 3.91. The second-order valence-corrected chi connectivity index (χ2v) is 1.82. The highest BCUT2D eigenvalue weighted by Crippen LogP contribution is 1.86. The normalized spacial score (nSPS) is 12.0. The predicted molar refractivity (Wildman–Crippen MR) is 46.0 cm³/mol. The van der Waals surface area contributed by atoms with Gasteiger partial charge in [-0.3, -0.25) is 4.99 Å². The third-order valence-corrected chi connectivity index (χ3v) is 0.967. The molecule has 0 saturated heterocycles. The van der Waals surface area contributed by atoms with Gasteiger partial charge < -0.3 is 16.2 Å². The molecule has 0 radical (unpaired) electrons. The minimum atomic E-state index is 0.304. The van der Waals surface area contributed by atoms with Crippen molar-refractivity contribution in [3.63, 3.8) is 0 Å². The van der Waals surface area contributed by atoms with E-state index < -0.39 is 0 Å². The Morgan fingerprint density at radius 2 is 2.36 bits per heavy atom. The first-order valence-corrected chi connectivity index (χ1v) is 3.12. The molecule has 0 aliphatic carbocycles. The molecular formula is C7H13N3O. The molecule has 0 aliphatic rings. The highest BCUT2D eigenvalue weighted by molar-refractivity contribution is 5.72. The van der Waals surface area contributed by atoms with Gasteiger partial charge in [-0.2, -0.15) is 0 Å². The molecule has 0 unspecified atom stereocenters. The van der Waals surface area contributed by atoms with Crippen LogP contribution in [-0.4, -0.2) is 19.9 Å². The molecule has 0 spiro atoms. The van der Waals surface area contributed by atoms with E-state index in [0.717, 1.165) is 0 Å². The highest BCUT2D eigenvalue weighted by atomic mass is 16.5. The van der Waals surface area contributed by atoms with Crippen molar-refractivity contribution in [1.29, 1.82) is 0 Å². The number of hydrogen-bond donors (Lipinski definition) is 2. The number of nitrogens with two attached hydrogens (primary N) is 2. The third-order valence-electron chi connectivity index (χ3n) is 0.967. The first-order chi connectivity index (χ1) is 5.20. The maximum atomic E-state index is 5.29. The quantitative estimate of drug-likeness (QED) is 0.442. The summed E-state index contributed by atoms with van der Waals surface area (Å²) in [6.07, 6.45) is 3.02. The monoisotopic (exact) mass is 155 g/mol. The van der Waals surface area contributed by atoms with E-state index >= 15 is 0 Å². The molecule has 0 atom stereocenters. The molecule has 4 N–H and O–H groups in total. The number of methoxy groups -OCH3 is 1. The number of allylic oxidation sites excluding steroid dienone is 1. The van der Waals surface area contributed by atoms with Crippen molar-refractivity contribution in [2.75, 3.05) is 13.7 Å². The Kier molecular flexibility index (Phi) is 4.85. The van der Waals surface area contributed by atoms with Gasteiger partial charge in [0.2, 0.25) is 0 Å². The van der Waals surface area contributed by atoms with Crippen LogP contribution in [0.3, 0.4) is 0 Å². The zero-order valence-corrected chi connectivity index (χ0v) is 6.58. The summed E-state index contributed by atoms with van der Waals surface area (Å²) in [5.41, 5.74) is 11.1. The van der Waals surface area contributed by atoms with E-state index in [9.17, 15) is 0 Å². The molecule has 0 aromatic carbocycles. The number of ether oxygens (including phenoxy) is 1. The molecule has 0 fully saturated rings. The third kappa shape index (κ3) is 5.17. The molecule has 0 aliphatic heterocycles. The summed E-state index contributed by atoms with van der Waals surface area (Å²) >= 11 is 0. The van der Waals surface area contributed by atoms with E-state index in [0.29, 0.717) is 18.1 Å². The van der Waals surface area contributed by atoms with Crippen LogP contribution in [-0.2, 0) is 4.74 Å². The summed E-state index contributed by atoms with van der Waals surface area (Å²) in [4.78, 5) is 3.85. The van der Waals surface area contributed by atoms with Crippen LogP contribution in [0.25, 0.3) is 0 Å². The van der Waals surface area contributed by atoms with Gasteiger partial charge in [-0.25, -0.2) is 0 Å². The van der Waals surface area contributed by atoms with Crippen LogP contribution in [0.15, 0.2) is 29.2 Å². The standard InChI is InChI=1S/C7H13N3O/c1-6(5-8)10-4-3-7(9)11-2/h3-4H,1,5,8-9H2,2H3/b7-3+,10-4?. The summed E-state index contributed by atoms with van der Waals surface area (Å²) < 4.78 is 4.65. The van der Waals surface area contributed by atoms with E-state index in [4.69, 9.17) is 11.5 Å². The Balaban J connectivity index is 3.85. The number of nitrogens with zero attached hydrogens (tertiary/aromatic N) is 1. The Hall–Kier alpha value is -1.29. The average Bonchev–Trinajstić information content (AvgIpc) is 2.04. The SMILES string of the molecule is C=C(CN)N=C/C=C(\N)OC. The van der Waals surface area contributed by atoms with Crippen molar-refractivity contribution in [3.8, 4) is 0 Å². The lowest BCUT2D eigenvalue weighted by Crippen LogP contribution is -2.01. The van der Waals surface area contributed by atoms with Crippen molar-refractivity contribution in [1.82, 2.24) is 0 Å². The smallest absolute Gasteiger partial charge is 0.185 e. The van der Waals surface area contributed by atoms with Crippen LogP contribution in [0.4, 0.5) is 0 Å². The Labute approximate surface area is 66.2 Å². The van der Waals surface area contributed by atoms with Gasteiger partial charge in [0.25, 0.3) is 0 Å². The lowest BCUT2D eigenvalue weighted by atomic mass is 10.5. The van der Waals surface area contributed by atoms with Crippen LogP contribution >= 0.6 is 0 Å². The predicted octanol–water partition coefficient (Wildman–Crippen LogP) is -0.0239. The van der Waals surface area contributed by atoms with E-state index in [1.54, 1.807) is 0 Å². The van der Waals surface area contributed by atoms with Gasteiger partial charge in [0, 0.05) is 24.5 Å². The number of hydrogen-bond acceptors (Lipinski definition) is 4. The van der Waals surface area contributed by atoms with Crippen LogP contribution in [0.1, 0.15) is 0 Å². The molecule has 0 amide bonds. The Morgan fingerprint density at radius 1 is 1.73 bits per heavy atom. The van der Waals surface area contributed by atoms with E-state index in [1.165, 1.54) is 19.4 Å². The molecular weight excluding hydrogens is 142 g/mol. The summed E-state index contributed by atoms with van der Waals surface area (Å²) in [7, 11) is 1.48. The van der Waals surface area contributed by atoms with Gasteiger partial charge in [-0.1, -0.05) is 6.58 Å². The molecule has 0 aromatic rings. The van der Waals surface area contributed by atoms with Gasteiger partial charge in [-0.05, 0) is 0 Å². The fraction of sp³-hybridized carbons (Fsp3) is 0.286. The molecule has 11 heavy (non-hydrogen) atoms. The topological polar surface area (TPSA) is 73.6 Å². The van der Waals surface area contributed by atoms with Crippen LogP contribution in [0.2, 0.25) is 0 Å². The lowest BCUT2D eigenvalue weighted by molar-refractivity contribution is 0.288. The van der Waals surface area contributed by atoms with E-state index in [-0.39, 0.29) is 0 Å². The molecule has 4 heteroatoms. The van der Waals surface area contributed by atoms with Gasteiger partial charge in [0.1, 0.15) is 0 Å². The zero-order chi connectivity index (χ0) is 8.69. The average molecular weight is 155 g/mol. The van der Waals surface area contributed by atoms with Crippen LogP contribution in [0, 0.1) is 0 Å². The summed E-state index contributed by atoms with van der Waals surface area (Å²) in [6, 6.07) is 0. The fourth-order valence-electron chi connectivity index (χ4n) is 0.337. The second kappa shape index (κ2) is 5.49. The van der Waals surface area contributed by atoms with E-state index in [2.05, 4.69) is 16.3 Å². The largest absolute Gasteiger partial charge is 0.483 e. The molecule has 4 nitrogen and oxygen atoms in total. The minimum absolute atomic E-state index is 0.304. The van der Waals surface area contributed by atoms with Crippen molar-refractivity contribution in [2.45, 2.75) is 0 Å². The molecule has 0 saturated carbocycles. The Morgan fingerprint density at radius 3 is 2.82 bits per heavy atom. The number of aliphatic imine (C=N–C) groups is 1. The first-order valence-electron chi connectivity index (χ1n) is 3.12. The second-order valence-electron chi connectivity index (χ2n) is 1.82. The maximum Gasteiger partial charge on any atom is 0.185 e. The summed E-state index contributed by atoms with van der Waals surface area (Å²) in [5.74, 6) is 0.304. The van der Waals surface area contributed by atoms with Crippen molar-refractivity contribution < 1.29 is 4.74 Å². The van der Waals surface area contributed by atoms with Crippen LogP contribution < -0.4 is 11.5 Å². The van der Waals surface area contributed by atoms with Crippen LogP contribution in [0.5, 0.6) is 0 Å². The molecule has 0 rings (SSSR count). The molecule has 62 valence electrons. The molecule has 0 heterocycles. The van der Waals surface area contributed by atoms with Gasteiger partial charge in [0.05, 0.1) is 7.11 Å². The minimum Gasteiger partial charge on any atom is -0.483 e. The van der Waals surface area contributed by atoms with Gasteiger partial charge >= 0.3 is 0 Å². The molecule has 0 bridgehead atoms. The highest BCUT2D eigenvalue weighted by Gasteiger charge is 1.82. The fourth-order valence-corrected chi connectivity index (χ4v) is 0.337. The van der Waals surface area contributed by atoms with Gasteiger partial charge in [-0.15, -0.1) is 0 Å². The summed E-state index contributed by atoms with van der Waals surface area (Å²) in [5, 5.41) is 0. The van der Waals surface area contributed by atoms with Gasteiger partial charge in [0.15, 0.2) is 5.88 Å². The van der Waals surface area contributed by atoms with E-state index in [1.807, 2.05) is 0 Å². The Bertz CT molecular complexity index is 184. The lowest BCUT2D eigenvalue weighted by Gasteiger charge is -1.94. The van der Waals surface area contributed by atoms with Crippen molar-refractivity contribution in [3.05, 3.63) is 24.2 Å². The van der Waals surface area contributed by atoms with Crippen molar-refractivity contribution in [2.24, 2.45) is 16.5 Å². The van der Waals surface area contributed by atoms with Crippen molar-refractivity contribution >= 4 is 6.21 Å². The first kappa shape index (κ1) is 9.71. The maximum absolute atomic E-state index is 5.29. The number of rotatable bonds is 4.